The fourth-order valence-electron chi connectivity index (χ4n) is 14.0. The summed E-state index contributed by atoms with van der Waals surface area (Å²) in [5.41, 5.74) is -2.57. The van der Waals surface area contributed by atoms with E-state index >= 15 is 19.2 Å². The number of hydrogen-bond acceptors (Lipinski definition) is 24. The molecule has 0 spiro atoms. The SMILES string of the molecule is CCCCCCCCCCCC(=O)N[C@H]1[C@H](Oc2c3cc4cc2Oc2ccc(cc2Cl)[C@@H](O)[C@@H]2NC(=O)[C@H](NC(=O)[C@@H]4NC(=O)[C@H]4NC(=O)[C@@H](Cc5ccc(cc5)O3)NC(=O)[C@@H](NC)c3ccc(O)c(c3)Oc3cc(O)c(Cl)c4c3)c3ccc(O)c(c3)-c3c(O)cc(O)cc3[C@@H](C(=O)O)NC2=O)O[C@H](C(=O)OC)[C@@H](O)[C@@H]1O. The molecule has 1 saturated heterocycles. The first-order valence-electron chi connectivity index (χ1n) is 35.9. The van der Waals surface area contributed by atoms with Crippen LogP contribution in [0.2, 0.25) is 10.0 Å². The Morgan fingerprint density at radius 1 is 0.554 bits per heavy atom. The van der Waals surface area contributed by atoms with Gasteiger partial charge in [0.15, 0.2) is 35.1 Å². The van der Waals surface area contributed by atoms with Crippen molar-refractivity contribution in [3.8, 4) is 80.1 Å². The third-order valence-electron chi connectivity index (χ3n) is 19.8. The van der Waals surface area contributed by atoms with Gasteiger partial charge in [-0.15, -0.1) is 0 Å². The van der Waals surface area contributed by atoms with E-state index in [0.717, 1.165) is 125 Å². The molecule has 0 aromatic heterocycles. The average Bonchev–Trinajstić information content (AvgIpc) is 0.811. The monoisotopic (exact) mass is 1580 g/mol. The van der Waals surface area contributed by atoms with Crippen molar-refractivity contribution >= 4 is 76.5 Å². The number of likely N-dealkylation sites (N-methyl/N-ethyl adjacent to an activating group) is 1. The van der Waals surface area contributed by atoms with E-state index in [1.54, 1.807) is 0 Å². The number of phenols is 5. The first-order chi connectivity index (χ1) is 53.6. The summed E-state index contributed by atoms with van der Waals surface area (Å²) in [5, 5.41) is 124. The van der Waals surface area contributed by atoms with E-state index in [4.69, 9.17) is 51.6 Å². The van der Waals surface area contributed by atoms with E-state index in [2.05, 4.69) is 49.5 Å². The Morgan fingerprint density at radius 3 is 1.87 bits per heavy atom. The summed E-state index contributed by atoms with van der Waals surface area (Å²) in [4.78, 5) is 134. The minimum absolute atomic E-state index is 0.0933. The Labute approximate surface area is 648 Å². The second-order valence-electron chi connectivity index (χ2n) is 27.5. The minimum Gasteiger partial charge on any atom is -0.508 e. The lowest BCUT2D eigenvalue weighted by Crippen LogP contribution is -2.66. The summed E-state index contributed by atoms with van der Waals surface area (Å²) < 4.78 is 37.5. The highest BCUT2D eigenvalue weighted by Gasteiger charge is 2.51. The normalized spacial score (nSPS) is 23.6. The molecule has 17 N–H and O–H groups in total. The highest BCUT2D eigenvalue weighted by Crippen LogP contribution is 2.50. The number of hydrogen-bond donors (Lipinski definition) is 17. The molecule has 7 aromatic rings. The number of carbonyl (C=O) groups is 9. The molecule has 0 aliphatic carbocycles. The molecule has 7 amide bonds. The van der Waals surface area contributed by atoms with E-state index in [9.17, 15) is 69.9 Å². The first kappa shape index (κ1) is 79.9. The van der Waals surface area contributed by atoms with Crippen LogP contribution in [-0.2, 0) is 59.0 Å². The molecule has 590 valence electrons. The molecule has 1 fully saturated rings. The maximum absolute atomic E-state index is 16.4. The molecule has 7 aliphatic heterocycles. The van der Waals surface area contributed by atoms with Crippen LogP contribution >= 0.6 is 23.2 Å². The number of aliphatic carboxylic acids is 1. The van der Waals surface area contributed by atoms with Crippen LogP contribution in [0.1, 0.15) is 146 Å². The van der Waals surface area contributed by atoms with Gasteiger partial charge >= 0.3 is 11.9 Å². The molecule has 112 heavy (non-hydrogen) atoms. The van der Waals surface area contributed by atoms with Crippen molar-refractivity contribution in [3.63, 3.8) is 0 Å². The smallest absolute Gasteiger partial charge is 0.337 e. The summed E-state index contributed by atoms with van der Waals surface area (Å²) >= 11 is 14.1. The van der Waals surface area contributed by atoms with Crippen LogP contribution in [0.3, 0.4) is 0 Å². The number of halogens is 2. The number of unbranched alkanes of at least 4 members (excludes halogenated alkanes) is 8. The Bertz CT molecular complexity index is 4840. The van der Waals surface area contributed by atoms with E-state index in [1.165, 1.54) is 49.5 Å². The zero-order valence-corrected chi connectivity index (χ0v) is 61.7. The molecule has 7 aromatic carbocycles. The van der Waals surface area contributed by atoms with Crippen LogP contribution < -0.4 is 61.5 Å². The second kappa shape index (κ2) is 34.3. The van der Waals surface area contributed by atoms with Gasteiger partial charge in [-0.1, -0.05) is 112 Å². The number of nitrogens with one attached hydrogen (secondary N) is 8. The summed E-state index contributed by atoms with van der Waals surface area (Å²) in [5.74, 6) is -17.7. The van der Waals surface area contributed by atoms with E-state index in [0.29, 0.717) is 18.4 Å². The number of rotatable bonds is 16. The summed E-state index contributed by atoms with van der Waals surface area (Å²) in [7, 11) is 2.41. The fraction of sp³-hybridized carbons (Fsp3) is 0.346. The van der Waals surface area contributed by atoms with Crippen LogP contribution in [0.4, 0.5) is 0 Å². The first-order valence-corrected chi connectivity index (χ1v) is 36.7. The molecular formula is C78H80Cl2N8O24. The highest BCUT2D eigenvalue weighted by molar-refractivity contribution is 6.33. The molecule has 7 aliphatic rings. The van der Waals surface area contributed by atoms with Crippen LogP contribution in [0.5, 0.6) is 69.0 Å². The topological polar surface area (TPSA) is 487 Å². The predicted octanol–water partition coefficient (Wildman–Crippen LogP) is 6.94. The van der Waals surface area contributed by atoms with Crippen molar-refractivity contribution in [2.75, 3.05) is 14.2 Å². The molecule has 7 heterocycles. The van der Waals surface area contributed by atoms with Crippen LogP contribution in [0, 0.1) is 0 Å². The van der Waals surface area contributed by atoms with Crippen molar-refractivity contribution < 1.29 is 118 Å². The van der Waals surface area contributed by atoms with Crippen molar-refractivity contribution in [3.05, 3.63) is 164 Å². The second-order valence-corrected chi connectivity index (χ2v) is 28.3. The van der Waals surface area contributed by atoms with Gasteiger partial charge in [0.25, 0.3) is 0 Å². The minimum atomic E-state index is -2.37. The highest BCUT2D eigenvalue weighted by atomic mass is 35.5. The number of fused-ring (bicyclic) bond motifs is 14. The molecule has 0 radical (unpaired) electrons. The average molecular weight is 1580 g/mol. The van der Waals surface area contributed by atoms with E-state index in [-0.39, 0.29) is 52.5 Å². The molecule has 0 unspecified atom stereocenters. The van der Waals surface area contributed by atoms with Crippen molar-refractivity contribution in [1.82, 2.24) is 42.5 Å². The van der Waals surface area contributed by atoms with Gasteiger partial charge in [-0.3, -0.25) is 33.6 Å². The van der Waals surface area contributed by atoms with Crippen molar-refractivity contribution in [2.24, 2.45) is 0 Å². The maximum atomic E-state index is 16.4. The number of carboxylic acid groups (broad SMARTS) is 1. The van der Waals surface area contributed by atoms with Crippen LogP contribution in [0.25, 0.3) is 11.1 Å². The van der Waals surface area contributed by atoms with Crippen molar-refractivity contribution in [2.45, 2.75) is 157 Å². The number of aromatic hydroxyl groups is 5. The Balaban J connectivity index is 1.09. The molecular weight excluding hydrogens is 1500 g/mol. The molecule has 14 rings (SSSR count). The van der Waals surface area contributed by atoms with Gasteiger partial charge in [0.2, 0.25) is 53.4 Å². The fourth-order valence-corrected chi connectivity index (χ4v) is 14.4. The number of aliphatic hydroxyl groups is 3. The number of esters is 1. The van der Waals surface area contributed by atoms with Crippen molar-refractivity contribution in [1.29, 1.82) is 0 Å². The zero-order chi connectivity index (χ0) is 80.1. The summed E-state index contributed by atoms with van der Waals surface area (Å²) in [6.45, 7) is 2.12. The van der Waals surface area contributed by atoms with Gasteiger partial charge in [0.1, 0.15) is 101 Å². The quantitative estimate of drug-likeness (QED) is 0.0344. The van der Waals surface area contributed by atoms with Gasteiger partial charge in [0.05, 0.1) is 17.2 Å². The molecule has 17 bridgehead atoms. The number of phenolic OH excluding ortho intramolecular Hbond substituents is 5. The van der Waals surface area contributed by atoms with Crippen LogP contribution in [-0.4, -0.2) is 156 Å². The molecule has 32 nitrogen and oxygen atoms in total. The Morgan fingerprint density at radius 2 is 1.18 bits per heavy atom. The van der Waals surface area contributed by atoms with Gasteiger partial charge in [-0.05, 0) is 114 Å². The third kappa shape index (κ3) is 17.3. The Hall–Kier alpha value is -11.7. The van der Waals surface area contributed by atoms with E-state index < -0.39 is 216 Å². The lowest BCUT2D eigenvalue weighted by atomic mass is 9.89. The number of amides is 7. The predicted molar refractivity (Wildman–Crippen MR) is 395 cm³/mol. The van der Waals surface area contributed by atoms with Gasteiger partial charge in [-0.25, -0.2) is 9.59 Å². The summed E-state index contributed by atoms with van der Waals surface area (Å²) in [6, 6.07) is 6.04. The number of benzene rings is 7. The zero-order valence-electron chi connectivity index (χ0n) is 60.2. The lowest BCUT2D eigenvalue weighted by molar-refractivity contribution is -0.242. The molecule has 0 saturated carbocycles. The Kier molecular flexibility index (Phi) is 24.5. The third-order valence-corrected chi connectivity index (χ3v) is 20.5. The van der Waals surface area contributed by atoms with E-state index in [1.807, 2.05) is 0 Å². The summed E-state index contributed by atoms with van der Waals surface area (Å²) in [6.07, 6.45) is -2.82. The standard InChI is InChI=1S/C78H80Cl2N8O24/c1-4-5-6-7-8-9-10-11-12-13-55(94)83-64-66(96)67(97)69(77(106)107-3)112-78(64)111-68-53-28-38-29-54(68)110-51-23-18-37(26-45(51)79)65(95)63-75(103)87-62(76(104)105)43-30-39(89)31-49(92)56(43)42-25-35(16-21-47(42)90)59(72(100)88-63)84-73(101)60(38)85-74(102)61-44-32-41(33-50(93)57(44)80)109-52-27-36(17-22-48(52)91)58(81-2)71(99)82-46(70(98)86-61)24-34-14-19-40(108-53)20-15-34/h14-23,25-33,46,58-67,69,78,81,89-93,95-97H,4-13,24H2,1-3H3,(H,82,99)(H,83,94)(H,84,101)(H,85,102)(H,86,98)(H,87,103)(H,88,100)(H,104,105)/t46-,58+,59-,60-,61+,62+,63+,64-,65-,66-,67+,69+,78-/m1/s1. The molecule has 13 atom stereocenters. The number of methoxy groups -OCH3 is 1. The van der Waals surface area contributed by atoms with Gasteiger partial charge in [0, 0.05) is 47.2 Å². The van der Waals surface area contributed by atoms with Crippen LogP contribution in [0.15, 0.2) is 115 Å². The van der Waals surface area contributed by atoms with Gasteiger partial charge in [-0.2, -0.15) is 0 Å². The number of carboxylic acids is 1. The lowest BCUT2D eigenvalue weighted by Gasteiger charge is -2.41. The number of aliphatic hydroxyl groups excluding tert-OH is 3. The number of carbonyl (C=O) groups excluding carboxylic acids is 8. The number of ether oxygens (including phenoxy) is 6. The maximum Gasteiger partial charge on any atom is 0.337 e. The largest absolute Gasteiger partial charge is 0.508 e. The van der Waals surface area contributed by atoms with Gasteiger partial charge < -0.3 is 117 Å². The molecule has 34 heteroatoms.